The summed E-state index contributed by atoms with van der Waals surface area (Å²) >= 11 is 0. The van der Waals surface area contributed by atoms with Crippen LogP contribution in [0.25, 0.3) is 0 Å². The largest absolute Gasteiger partial charge is 0.491 e. The molecule has 0 amide bonds. The molecule has 1 aromatic carbocycles. The molecule has 0 unspecified atom stereocenters. The molecule has 0 aliphatic carbocycles. The fourth-order valence-electron chi connectivity index (χ4n) is 3.13. The summed E-state index contributed by atoms with van der Waals surface area (Å²) in [6.07, 6.45) is 3.61. The molecule has 2 aromatic rings. The van der Waals surface area contributed by atoms with E-state index in [1.54, 1.807) is 13.4 Å². The number of ether oxygens (including phenoxy) is 4. The quantitative estimate of drug-likeness (QED) is 0.753. The Morgan fingerprint density at radius 1 is 1.28 bits per heavy atom. The Labute approximate surface area is 146 Å². The fourth-order valence-corrected chi connectivity index (χ4v) is 3.13. The molecule has 8 heteroatoms. The Bertz CT molecular complexity index is 733. The summed E-state index contributed by atoms with van der Waals surface area (Å²) in [5.41, 5.74) is 1.05. The van der Waals surface area contributed by atoms with Crippen LogP contribution in [-0.4, -0.2) is 47.9 Å². The summed E-state index contributed by atoms with van der Waals surface area (Å²) in [6, 6.07) is 4.23. The van der Waals surface area contributed by atoms with E-state index >= 15 is 0 Å². The van der Waals surface area contributed by atoms with Gasteiger partial charge in [-0.3, -0.25) is 0 Å². The van der Waals surface area contributed by atoms with Crippen molar-refractivity contribution in [3.63, 3.8) is 0 Å². The number of fused-ring (bicyclic) bond motifs is 2. The molecule has 0 saturated carbocycles. The molecular weight excluding hydrogens is 324 g/mol. The number of benzene rings is 1. The smallest absolute Gasteiger partial charge is 0.231 e. The monoisotopic (exact) mass is 346 g/mol. The van der Waals surface area contributed by atoms with Crippen molar-refractivity contribution in [2.75, 3.05) is 27.1 Å². The summed E-state index contributed by atoms with van der Waals surface area (Å²) in [7, 11) is 1.66. The first-order chi connectivity index (χ1) is 12.3. The minimum Gasteiger partial charge on any atom is -0.491 e. The summed E-state index contributed by atoms with van der Waals surface area (Å²) in [5, 5.41) is 7.86. The van der Waals surface area contributed by atoms with Gasteiger partial charge in [0.15, 0.2) is 11.5 Å². The van der Waals surface area contributed by atoms with Gasteiger partial charge in [-0.1, -0.05) is 0 Å². The summed E-state index contributed by atoms with van der Waals surface area (Å²) in [4.78, 5) is 4.27. The van der Waals surface area contributed by atoms with Crippen LogP contribution in [0.5, 0.6) is 17.2 Å². The second kappa shape index (κ2) is 7.28. The average molecular weight is 346 g/mol. The van der Waals surface area contributed by atoms with Crippen LogP contribution in [-0.2, 0) is 24.2 Å². The molecule has 3 heterocycles. The van der Waals surface area contributed by atoms with E-state index in [0.717, 1.165) is 48.0 Å². The molecule has 0 saturated heterocycles. The number of aryl methyl sites for hydroxylation is 1. The highest BCUT2D eigenvalue weighted by molar-refractivity contribution is 5.51. The SMILES string of the molecule is COCCOc1cc2c(cc1CN[C@H]1CCc3ncnn3C1)OCO2. The maximum Gasteiger partial charge on any atom is 0.231 e. The van der Waals surface area contributed by atoms with Gasteiger partial charge in [0, 0.05) is 37.7 Å². The summed E-state index contributed by atoms with van der Waals surface area (Å²) < 4.78 is 23.8. The van der Waals surface area contributed by atoms with Gasteiger partial charge in [0.2, 0.25) is 6.79 Å². The second-order valence-electron chi connectivity index (χ2n) is 6.13. The zero-order chi connectivity index (χ0) is 17.1. The molecule has 2 aliphatic heterocycles. The van der Waals surface area contributed by atoms with Crippen molar-refractivity contribution in [3.05, 3.63) is 29.8 Å². The molecule has 134 valence electrons. The fraction of sp³-hybridized carbons (Fsp3) is 0.529. The maximum absolute atomic E-state index is 5.86. The van der Waals surface area contributed by atoms with Gasteiger partial charge < -0.3 is 24.3 Å². The highest BCUT2D eigenvalue weighted by Gasteiger charge is 2.22. The van der Waals surface area contributed by atoms with Crippen LogP contribution in [0.1, 0.15) is 17.8 Å². The van der Waals surface area contributed by atoms with Crippen molar-refractivity contribution < 1.29 is 18.9 Å². The van der Waals surface area contributed by atoms with Crippen LogP contribution < -0.4 is 19.5 Å². The van der Waals surface area contributed by atoms with Crippen LogP contribution >= 0.6 is 0 Å². The minimum absolute atomic E-state index is 0.251. The van der Waals surface area contributed by atoms with Crippen LogP contribution in [0.3, 0.4) is 0 Å². The van der Waals surface area contributed by atoms with Gasteiger partial charge in [-0.15, -0.1) is 0 Å². The third-order valence-corrected chi connectivity index (χ3v) is 4.49. The molecule has 0 fully saturated rings. The number of nitrogens with one attached hydrogen (secondary N) is 1. The molecule has 0 bridgehead atoms. The summed E-state index contributed by atoms with van der Waals surface area (Å²) in [6.45, 7) is 2.81. The maximum atomic E-state index is 5.86. The third-order valence-electron chi connectivity index (χ3n) is 4.49. The number of hydrogen-bond donors (Lipinski definition) is 1. The van der Waals surface area contributed by atoms with Gasteiger partial charge in [-0.05, 0) is 12.5 Å². The van der Waals surface area contributed by atoms with E-state index in [-0.39, 0.29) is 6.79 Å². The van der Waals surface area contributed by atoms with Crippen molar-refractivity contribution in [1.82, 2.24) is 20.1 Å². The average Bonchev–Trinajstić information content (AvgIpc) is 3.27. The van der Waals surface area contributed by atoms with Crippen molar-refractivity contribution in [1.29, 1.82) is 0 Å². The highest BCUT2D eigenvalue weighted by atomic mass is 16.7. The van der Waals surface area contributed by atoms with Gasteiger partial charge >= 0.3 is 0 Å². The van der Waals surface area contributed by atoms with Gasteiger partial charge in [0.05, 0.1) is 13.2 Å². The third kappa shape index (κ3) is 3.54. The van der Waals surface area contributed by atoms with Crippen LogP contribution in [0.4, 0.5) is 0 Å². The molecule has 2 aliphatic rings. The predicted octanol–water partition coefficient (Wildman–Crippen LogP) is 1.14. The molecule has 8 nitrogen and oxygen atoms in total. The zero-order valence-electron chi connectivity index (χ0n) is 14.2. The minimum atomic E-state index is 0.251. The van der Waals surface area contributed by atoms with Gasteiger partial charge in [0.25, 0.3) is 0 Å². The van der Waals surface area contributed by atoms with Crippen LogP contribution in [0.15, 0.2) is 18.5 Å². The van der Waals surface area contributed by atoms with Crippen molar-refractivity contribution >= 4 is 0 Å². The Kier molecular flexibility index (Phi) is 4.71. The molecule has 1 aromatic heterocycles. The first-order valence-electron chi connectivity index (χ1n) is 8.48. The topological polar surface area (TPSA) is 79.7 Å². The Hall–Kier alpha value is -2.32. The first-order valence-corrected chi connectivity index (χ1v) is 8.48. The Morgan fingerprint density at radius 2 is 2.16 bits per heavy atom. The van der Waals surface area contributed by atoms with E-state index in [1.165, 1.54) is 0 Å². The molecule has 0 spiro atoms. The Morgan fingerprint density at radius 3 is 3.04 bits per heavy atom. The van der Waals surface area contributed by atoms with Gasteiger partial charge in [-0.2, -0.15) is 5.10 Å². The molecule has 0 radical (unpaired) electrons. The Balaban J connectivity index is 1.44. The molecular formula is C17H22N4O4. The van der Waals surface area contributed by atoms with E-state index in [4.69, 9.17) is 18.9 Å². The van der Waals surface area contributed by atoms with Crippen LogP contribution in [0, 0.1) is 0 Å². The highest BCUT2D eigenvalue weighted by Crippen LogP contribution is 2.38. The number of aromatic nitrogens is 3. The van der Waals surface area contributed by atoms with E-state index in [1.807, 2.05) is 16.8 Å². The second-order valence-corrected chi connectivity index (χ2v) is 6.13. The lowest BCUT2D eigenvalue weighted by atomic mass is 10.1. The first kappa shape index (κ1) is 16.2. The van der Waals surface area contributed by atoms with Gasteiger partial charge in [-0.25, -0.2) is 9.67 Å². The van der Waals surface area contributed by atoms with Crippen molar-refractivity contribution in [2.45, 2.75) is 32.0 Å². The molecule has 1 N–H and O–H groups in total. The van der Waals surface area contributed by atoms with E-state index < -0.39 is 0 Å². The van der Waals surface area contributed by atoms with E-state index in [9.17, 15) is 0 Å². The lowest BCUT2D eigenvalue weighted by molar-refractivity contribution is 0.145. The van der Waals surface area contributed by atoms with E-state index in [0.29, 0.717) is 25.8 Å². The normalized spacial score (nSPS) is 18.2. The van der Waals surface area contributed by atoms with E-state index in [2.05, 4.69) is 15.4 Å². The number of nitrogens with zero attached hydrogens (tertiary/aromatic N) is 3. The number of rotatable bonds is 7. The van der Waals surface area contributed by atoms with Crippen LogP contribution in [0.2, 0.25) is 0 Å². The zero-order valence-corrected chi connectivity index (χ0v) is 14.2. The van der Waals surface area contributed by atoms with Gasteiger partial charge in [0.1, 0.15) is 24.5 Å². The lowest BCUT2D eigenvalue weighted by Crippen LogP contribution is -2.37. The molecule has 4 rings (SSSR count). The molecule has 25 heavy (non-hydrogen) atoms. The number of hydrogen-bond acceptors (Lipinski definition) is 7. The standard InChI is InChI=1S/C17H22N4O4/c1-22-4-5-23-14-7-16-15(24-11-25-16)6-12(14)8-18-13-2-3-17-19-10-20-21(17)9-13/h6-7,10,13,18H,2-5,8-9,11H2,1H3/t13-/m0/s1. The molecule has 1 atom stereocenters. The van der Waals surface area contributed by atoms with Crippen molar-refractivity contribution in [2.24, 2.45) is 0 Å². The van der Waals surface area contributed by atoms with Crippen molar-refractivity contribution in [3.8, 4) is 17.2 Å². The summed E-state index contributed by atoms with van der Waals surface area (Å²) in [5.74, 6) is 3.34. The predicted molar refractivity (Wildman–Crippen MR) is 88.9 cm³/mol. The number of methoxy groups -OCH3 is 1. The lowest BCUT2D eigenvalue weighted by Gasteiger charge is -2.24.